The zero-order valence-electron chi connectivity index (χ0n) is 6.53. The maximum atomic E-state index is 8.55. The van der Waals surface area contributed by atoms with Gasteiger partial charge in [0.25, 0.3) is 0 Å². The Morgan fingerprint density at radius 3 is 0.900 bits per heavy atom. The molecule has 0 heterocycles. The van der Waals surface area contributed by atoms with Gasteiger partial charge in [-0.05, 0) is 0 Å². The van der Waals surface area contributed by atoms with Crippen LogP contribution in [0.15, 0.2) is 0 Å². The van der Waals surface area contributed by atoms with Gasteiger partial charge >= 0.3 is 173 Å². The van der Waals surface area contributed by atoms with E-state index < -0.39 is 7.82 Å². The molecule has 0 aromatic rings. The summed E-state index contributed by atoms with van der Waals surface area (Å²) in [5.74, 6) is 0. The second kappa shape index (κ2) is 20.0. The van der Waals surface area contributed by atoms with Crippen LogP contribution in [-0.2, 0) is 4.57 Å². The Morgan fingerprint density at radius 1 is 0.900 bits per heavy atom. The van der Waals surface area contributed by atoms with Crippen molar-refractivity contribution in [3.63, 3.8) is 0 Å². The van der Waals surface area contributed by atoms with E-state index in [-0.39, 0.29) is 178 Å². The van der Waals surface area contributed by atoms with Crippen molar-refractivity contribution in [1.82, 2.24) is 0 Å². The largest absolute Gasteiger partial charge is 1.00 e. The first kappa shape index (κ1) is 36.1. The molecule has 0 atom stereocenters. The second-order valence-corrected chi connectivity index (χ2v) is 1.34. The van der Waals surface area contributed by atoms with E-state index in [4.69, 9.17) is 19.2 Å². The van der Waals surface area contributed by atoms with Crippen LogP contribution in [-0.4, -0.2) is 5.48 Å². The van der Waals surface area contributed by atoms with E-state index in [0.29, 0.717) is 0 Å². The van der Waals surface area contributed by atoms with Crippen molar-refractivity contribution in [1.29, 1.82) is 0 Å². The van der Waals surface area contributed by atoms with Crippen LogP contribution in [0.5, 0.6) is 0 Å². The van der Waals surface area contributed by atoms with E-state index in [1.165, 1.54) is 0 Å². The molecule has 0 aliphatic rings. The molecule has 0 saturated carbocycles. The van der Waals surface area contributed by atoms with Gasteiger partial charge in [-0.15, -0.1) is 0 Å². The second-order valence-electron chi connectivity index (χ2n) is 0.447. The Morgan fingerprint density at radius 2 is 0.900 bits per heavy atom. The van der Waals surface area contributed by atoms with Crippen LogP contribution < -0.4 is 188 Å². The summed E-state index contributed by atoms with van der Waals surface area (Å²) >= 11 is 0. The summed E-state index contributed by atoms with van der Waals surface area (Å²) in [7, 11) is -5.39. The first-order valence-electron chi connectivity index (χ1n) is 0.730. The normalized spacial score (nSPS) is 5.90. The summed E-state index contributed by atoms with van der Waals surface area (Å²) in [5.41, 5.74) is 0. The molecule has 10 heteroatoms. The Hall–Kier alpha value is 5.58. The fourth-order valence-corrected chi connectivity index (χ4v) is 0. The van der Waals surface area contributed by atoms with E-state index in [0.717, 1.165) is 0 Å². The Kier molecular flexibility index (Phi) is 72.3. The number of hydrogen-bond acceptors (Lipinski definition) is 5. The molecule has 0 radical (unpaired) electrons. The van der Waals surface area contributed by atoms with E-state index in [2.05, 4.69) is 0 Å². The molecular formula is HK3LiO5P. The molecule has 0 aromatic carbocycles. The molecule has 0 aliphatic heterocycles. The van der Waals surface area contributed by atoms with Crippen LogP contribution in [0.3, 0.4) is 0 Å². The molecular weight excluding hydrogens is 235 g/mol. The summed E-state index contributed by atoms with van der Waals surface area (Å²) in [6.45, 7) is 0. The third kappa shape index (κ3) is 69.1. The zero-order valence-corrected chi connectivity index (χ0v) is 16.8. The third-order valence-corrected chi connectivity index (χ3v) is 0. The molecule has 0 saturated heterocycles. The van der Waals surface area contributed by atoms with Crippen LogP contribution in [0.4, 0.5) is 0 Å². The summed E-state index contributed by atoms with van der Waals surface area (Å²) in [4.78, 5) is 25.6. The summed E-state index contributed by atoms with van der Waals surface area (Å²) in [6.07, 6.45) is 0. The van der Waals surface area contributed by atoms with Gasteiger partial charge in [0.05, 0.1) is 0 Å². The SMILES string of the molecule is O=P([O-])([O-])[O-].[K+].[K+].[K+].[Li+].[OH-]. The van der Waals surface area contributed by atoms with Crippen LogP contribution in [0.25, 0.3) is 0 Å². The van der Waals surface area contributed by atoms with Crippen molar-refractivity contribution in [2.24, 2.45) is 0 Å². The number of hydrogen-bond donors (Lipinski definition) is 0. The number of phosphoric acid groups is 1. The summed E-state index contributed by atoms with van der Waals surface area (Å²) < 4.78 is 8.55. The van der Waals surface area contributed by atoms with Gasteiger partial charge in [-0.1, -0.05) is 0 Å². The number of rotatable bonds is 0. The average Bonchev–Trinajstić information content (AvgIpc) is 0.722. The van der Waals surface area contributed by atoms with Gasteiger partial charge in [0.2, 0.25) is 0 Å². The van der Waals surface area contributed by atoms with Crippen molar-refractivity contribution >= 4 is 7.82 Å². The predicted molar refractivity (Wildman–Crippen MR) is 9.54 cm³/mol. The van der Waals surface area contributed by atoms with Gasteiger partial charge < -0.3 is 24.7 Å². The molecule has 0 spiro atoms. The minimum Gasteiger partial charge on any atom is -0.870 e. The smallest absolute Gasteiger partial charge is 0.870 e. The van der Waals surface area contributed by atoms with Crippen molar-refractivity contribution in [2.45, 2.75) is 0 Å². The Balaban J connectivity index is -0.00000000800. The topological polar surface area (TPSA) is 116 Å². The van der Waals surface area contributed by atoms with Crippen molar-refractivity contribution in [3.05, 3.63) is 0 Å². The van der Waals surface area contributed by atoms with Crippen LogP contribution in [0.2, 0.25) is 0 Å². The van der Waals surface area contributed by atoms with Crippen molar-refractivity contribution in [2.75, 3.05) is 0 Å². The molecule has 40 valence electrons. The van der Waals surface area contributed by atoms with Gasteiger partial charge in [0, 0.05) is 0 Å². The molecule has 1 N–H and O–H groups in total. The van der Waals surface area contributed by atoms with Crippen LogP contribution in [0, 0.1) is 0 Å². The van der Waals surface area contributed by atoms with Gasteiger partial charge in [-0.25, -0.2) is 0 Å². The van der Waals surface area contributed by atoms with E-state index in [1.54, 1.807) is 0 Å². The van der Waals surface area contributed by atoms with E-state index >= 15 is 0 Å². The van der Waals surface area contributed by atoms with Gasteiger partial charge in [-0.3, -0.25) is 0 Å². The maximum Gasteiger partial charge on any atom is 1.00 e. The van der Waals surface area contributed by atoms with Crippen LogP contribution in [0.1, 0.15) is 0 Å². The van der Waals surface area contributed by atoms with E-state index in [9.17, 15) is 0 Å². The minimum absolute atomic E-state index is 0. The third-order valence-electron chi connectivity index (χ3n) is 0. The average molecular weight is 236 g/mol. The van der Waals surface area contributed by atoms with E-state index in [1.807, 2.05) is 0 Å². The molecule has 0 aromatic heterocycles. The minimum atomic E-state index is -5.39. The predicted octanol–water partition coefficient (Wildman–Crippen LogP) is -15.0. The van der Waals surface area contributed by atoms with Crippen molar-refractivity contribution < 1.29 is 198 Å². The molecule has 0 aliphatic carbocycles. The maximum absolute atomic E-state index is 8.55. The van der Waals surface area contributed by atoms with Crippen molar-refractivity contribution in [3.8, 4) is 0 Å². The monoisotopic (exact) mass is 236 g/mol. The first-order chi connectivity index (χ1) is 2.00. The van der Waals surface area contributed by atoms with Gasteiger partial charge in [-0.2, -0.15) is 7.82 Å². The molecule has 10 heavy (non-hydrogen) atoms. The van der Waals surface area contributed by atoms with Gasteiger partial charge in [0.1, 0.15) is 0 Å². The molecule has 0 amide bonds. The van der Waals surface area contributed by atoms with Crippen LogP contribution >= 0.6 is 7.82 Å². The Bertz CT molecular complexity index is 63.0. The van der Waals surface area contributed by atoms with Gasteiger partial charge in [0.15, 0.2) is 0 Å². The zero-order chi connectivity index (χ0) is 4.50. The molecule has 0 rings (SSSR count). The molecule has 5 nitrogen and oxygen atoms in total. The molecule has 0 unspecified atom stereocenters. The fraction of sp³-hybridized carbons (Fsp3) is 0. The Labute approximate surface area is 199 Å². The molecule has 0 bridgehead atoms. The fourth-order valence-electron chi connectivity index (χ4n) is 0. The molecule has 0 fully saturated rings. The standard InChI is InChI=1S/3K.Li.H3O4P.H2O/c;;;;1-5(2,3)4;/h;;;;(H3,1,2,3,4);1H2/q4*+1;;/p-4. The quantitative estimate of drug-likeness (QED) is 0.306. The summed E-state index contributed by atoms with van der Waals surface area (Å²) in [6, 6.07) is 0. The first-order valence-corrected chi connectivity index (χ1v) is 2.19. The summed E-state index contributed by atoms with van der Waals surface area (Å²) in [5, 5.41) is 0.